The topological polar surface area (TPSA) is 17.1 Å². The van der Waals surface area contributed by atoms with Crippen molar-refractivity contribution in [3.05, 3.63) is 37.5 Å². The van der Waals surface area contributed by atoms with Crippen LogP contribution in [0.2, 0.25) is 0 Å². The van der Waals surface area contributed by atoms with Gasteiger partial charge in [0.2, 0.25) is 0 Å². The van der Waals surface area contributed by atoms with Crippen LogP contribution in [0.5, 0.6) is 0 Å². The Labute approximate surface area is 81.9 Å². The van der Waals surface area contributed by atoms with E-state index in [-0.39, 0.29) is 0 Å². The van der Waals surface area contributed by atoms with E-state index in [0.717, 1.165) is 24.8 Å². The molecule has 0 atom stereocenters. The van der Waals surface area contributed by atoms with E-state index < -0.39 is 0 Å². The summed E-state index contributed by atoms with van der Waals surface area (Å²) in [4.78, 5) is 10.9. The first-order valence-corrected chi connectivity index (χ1v) is 4.41. The number of rotatable bonds is 0. The molecule has 0 aromatic heterocycles. The lowest BCUT2D eigenvalue weighted by molar-refractivity contribution is -0.116. The quantitative estimate of drug-likeness (QED) is 0.520. The van der Waals surface area contributed by atoms with E-state index in [2.05, 4.69) is 26.3 Å². The van der Waals surface area contributed by atoms with E-state index in [0.29, 0.717) is 5.78 Å². The third-order valence-corrected chi connectivity index (χ3v) is 2.01. The van der Waals surface area contributed by atoms with Gasteiger partial charge in [-0.15, -0.1) is 26.3 Å². The molecule has 0 amide bonds. The number of Topliss-reactive ketones (excluding diaryl/α,β-unsaturated/α-hetero) is 1. The summed E-state index contributed by atoms with van der Waals surface area (Å²) in [5.41, 5.74) is 2.28. The van der Waals surface area contributed by atoms with Crippen LogP contribution in [-0.4, -0.2) is 5.78 Å². The Morgan fingerprint density at radius 2 is 1.46 bits per heavy atom. The van der Waals surface area contributed by atoms with Gasteiger partial charge < -0.3 is 0 Å². The Bertz CT molecular complexity index is 187. The van der Waals surface area contributed by atoms with Crippen molar-refractivity contribution >= 4 is 5.78 Å². The van der Waals surface area contributed by atoms with Crippen LogP contribution in [-0.2, 0) is 4.79 Å². The first-order valence-electron chi connectivity index (χ1n) is 4.41. The van der Waals surface area contributed by atoms with Crippen molar-refractivity contribution in [1.82, 2.24) is 0 Å². The number of carbonyl (C=O) groups excluding carboxylic acids is 1. The van der Waals surface area contributed by atoms with E-state index >= 15 is 0 Å². The van der Waals surface area contributed by atoms with Gasteiger partial charge in [0.25, 0.3) is 0 Å². The molecule has 0 aliphatic heterocycles. The minimum Gasteiger partial charge on any atom is -0.295 e. The molecule has 0 spiro atoms. The zero-order chi connectivity index (χ0) is 10.9. The molecule has 0 aromatic rings. The molecule has 1 rings (SSSR count). The van der Waals surface area contributed by atoms with E-state index in [9.17, 15) is 4.79 Å². The van der Waals surface area contributed by atoms with Crippen molar-refractivity contribution in [2.45, 2.75) is 33.1 Å². The summed E-state index contributed by atoms with van der Waals surface area (Å²) in [6.07, 6.45) is 2.95. The van der Waals surface area contributed by atoms with Crippen LogP contribution in [0.1, 0.15) is 33.1 Å². The monoisotopic (exact) mass is 180 g/mol. The normalized spacial score (nSPS) is 15.1. The average molecular weight is 180 g/mol. The van der Waals surface area contributed by atoms with Crippen molar-refractivity contribution < 1.29 is 4.79 Å². The van der Waals surface area contributed by atoms with Gasteiger partial charge >= 0.3 is 0 Å². The van der Waals surface area contributed by atoms with Gasteiger partial charge in [0.05, 0.1) is 0 Å². The zero-order valence-electron chi connectivity index (χ0n) is 8.86. The maximum atomic E-state index is 10.9. The number of ketones is 1. The number of allylic oxidation sites excluding steroid dienone is 2. The molecule has 13 heavy (non-hydrogen) atoms. The number of carbonyl (C=O) groups is 1. The van der Waals surface area contributed by atoms with Crippen LogP contribution >= 0.6 is 0 Å². The minimum absolute atomic E-state index is 0.346. The molecule has 0 fully saturated rings. The molecule has 0 radical (unpaired) electrons. The zero-order valence-corrected chi connectivity index (χ0v) is 8.86. The predicted molar refractivity (Wildman–Crippen MR) is 59.7 cm³/mol. The molecular formula is C12H20O. The molecule has 0 unspecified atom stereocenters. The molecular weight excluding hydrogens is 160 g/mol. The third kappa shape index (κ3) is 5.18. The van der Waals surface area contributed by atoms with Crippen LogP contribution in [0.15, 0.2) is 37.5 Å². The third-order valence-electron chi connectivity index (χ3n) is 2.01. The van der Waals surface area contributed by atoms with Crippen molar-refractivity contribution in [3.8, 4) is 0 Å². The number of hydrogen-bond acceptors (Lipinski definition) is 1. The van der Waals surface area contributed by atoms with Crippen molar-refractivity contribution in [1.29, 1.82) is 0 Å². The highest BCUT2D eigenvalue weighted by atomic mass is 16.1. The van der Waals surface area contributed by atoms with Gasteiger partial charge in [-0.25, -0.2) is 0 Å². The summed E-state index contributed by atoms with van der Waals surface area (Å²) in [5.74, 6) is 0.346. The van der Waals surface area contributed by atoms with Crippen LogP contribution in [0.4, 0.5) is 0 Å². The van der Waals surface area contributed by atoms with Crippen LogP contribution < -0.4 is 0 Å². The summed E-state index contributed by atoms with van der Waals surface area (Å²) in [5, 5.41) is 0. The Morgan fingerprint density at radius 3 is 1.77 bits per heavy atom. The average Bonchev–Trinajstić information content (AvgIpc) is 2.20. The summed E-state index contributed by atoms with van der Waals surface area (Å²) in [6, 6.07) is 0. The van der Waals surface area contributed by atoms with E-state index in [4.69, 9.17) is 0 Å². The molecule has 74 valence electrons. The maximum absolute atomic E-state index is 10.9. The van der Waals surface area contributed by atoms with Gasteiger partial charge in [0, 0.05) is 6.42 Å². The Hall–Kier alpha value is -1.11. The fourth-order valence-corrected chi connectivity index (χ4v) is 1.13. The largest absolute Gasteiger partial charge is 0.295 e. The molecule has 1 aliphatic rings. The second-order valence-corrected chi connectivity index (χ2v) is 2.68. The fourth-order valence-electron chi connectivity index (χ4n) is 1.13. The van der Waals surface area contributed by atoms with Crippen molar-refractivity contribution in [2.75, 3.05) is 0 Å². The summed E-state index contributed by atoms with van der Waals surface area (Å²) >= 11 is 0. The van der Waals surface area contributed by atoms with Gasteiger partial charge in [0.1, 0.15) is 0 Å². The van der Waals surface area contributed by atoms with Gasteiger partial charge in [-0.3, -0.25) is 4.79 Å². The smallest absolute Gasteiger partial charge is 0.158 e. The highest BCUT2D eigenvalue weighted by Crippen LogP contribution is 2.20. The van der Waals surface area contributed by atoms with Gasteiger partial charge in [-0.05, 0) is 32.3 Å². The van der Waals surface area contributed by atoms with Crippen molar-refractivity contribution in [2.24, 2.45) is 0 Å². The molecule has 0 bridgehead atoms. The summed E-state index contributed by atoms with van der Waals surface area (Å²) < 4.78 is 0. The van der Waals surface area contributed by atoms with Crippen LogP contribution in [0.25, 0.3) is 0 Å². The molecule has 1 heteroatoms. The maximum Gasteiger partial charge on any atom is 0.158 e. The fraction of sp³-hybridized carbons (Fsp3) is 0.417. The van der Waals surface area contributed by atoms with E-state index in [1.165, 1.54) is 5.57 Å². The Kier molecular flexibility index (Phi) is 9.96. The predicted octanol–water partition coefficient (Wildman–Crippen LogP) is 3.68. The van der Waals surface area contributed by atoms with Crippen LogP contribution in [0.3, 0.4) is 0 Å². The second-order valence-electron chi connectivity index (χ2n) is 2.68. The molecule has 0 heterocycles. The lowest BCUT2D eigenvalue weighted by Gasteiger charge is -2.11. The molecule has 0 aromatic carbocycles. The minimum atomic E-state index is 0.346. The molecule has 0 saturated heterocycles. The van der Waals surface area contributed by atoms with Gasteiger partial charge in [-0.2, -0.15) is 0 Å². The van der Waals surface area contributed by atoms with Crippen LogP contribution in [0, 0.1) is 0 Å². The summed E-state index contributed by atoms with van der Waals surface area (Å²) in [7, 11) is 0. The standard InChI is InChI=1S/C8H12O.2C2H4/c1-6-4-3-5-8(9)7(6)2;2*1-2/h3-5H2,1-2H3;2*1-2H2. The Balaban J connectivity index is 0. The Morgan fingerprint density at radius 1 is 1.00 bits per heavy atom. The molecule has 0 N–H and O–H groups in total. The van der Waals surface area contributed by atoms with E-state index in [1.807, 2.05) is 13.8 Å². The SMILES string of the molecule is C=C.C=C.CC1=C(C)C(=O)CCC1. The molecule has 1 nitrogen and oxygen atoms in total. The number of hydrogen-bond donors (Lipinski definition) is 0. The lowest BCUT2D eigenvalue weighted by Crippen LogP contribution is -2.07. The first-order chi connectivity index (χ1) is 6.22. The van der Waals surface area contributed by atoms with Gasteiger partial charge in [-0.1, -0.05) is 5.57 Å². The highest BCUT2D eigenvalue weighted by molar-refractivity contribution is 5.96. The second kappa shape index (κ2) is 8.98. The molecule has 1 aliphatic carbocycles. The lowest BCUT2D eigenvalue weighted by atomic mass is 9.93. The first kappa shape index (κ1) is 14.4. The summed E-state index contributed by atoms with van der Waals surface area (Å²) in [6.45, 7) is 16.0. The van der Waals surface area contributed by atoms with Gasteiger partial charge in [0.15, 0.2) is 5.78 Å². The van der Waals surface area contributed by atoms with E-state index in [1.54, 1.807) is 0 Å². The molecule has 0 saturated carbocycles. The van der Waals surface area contributed by atoms with Crippen molar-refractivity contribution in [3.63, 3.8) is 0 Å². The highest BCUT2D eigenvalue weighted by Gasteiger charge is 2.12.